The fraction of sp³-hybridized carbons (Fsp3) is 0.250. The Morgan fingerprint density at radius 1 is 0.968 bits per heavy atom. The number of rotatable bonds is 1. The summed E-state index contributed by atoms with van der Waals surface area (Å²) in [6.07, 6.45) is 4.87. The molecule has 31 heavy (non-hydrogen) atoms. The molecule has 1 atom stereocenters. The van der Waals surface area contributed by atoms with Gasteiger partial charge in [-0.25, -0.2) is 4.57 Å². The zero-order valence-corrected chi connectivity index (χ0v) is 19.0. The molecule has 0 radical (unpaired) electrons. The third kappa shape index (κ3) is 2.22. The number of nitrogens with zero attached hydrogens (tertiary/aromatic N) is 2. The van der Waals surface area contributed by atoms with E-state index in [0.717, 1.165) is 0 Å². The van der Waals surface area contributed by atoms with Crippen LogP contribution in [0.4, 0.5) is 0 Å². The van der Waals surface area contributed by atoms with Crippen molar-refractivity contribution < 1.29 is 4.57 Å². The fourth-order valence-corrected chi connectivity index (χ4v) is 7.18. The number of fused-ring (bicyclic) bond motifs is 5. The van der Waals surface area contributed by atoms with Crippen LogP contribution in [0.3, 0.4) is 0 Å². The van der Waals surface area contributed by atoms with Crippen molar-refractivity contribution in [1.29, 1.82) is 0 Å². The number of aryl methyl sites for hydroxylation is 3. The molecule has 1 unspecified atom stereocenters. The highest BCUT2D eigenvalue weighted by atomic mass is 32.2. The van der Waals surface area contributed by atoms with Crippen molar-refractivity contribution >= 4 is 60.8 Å². The molecule has 0 amide bonds. The quantitative estimate of drug-likeness (QED) is 0.158. The summed E-state index contributed by atoms with van der Waals surface area (Å²) in [6.45, 7) is 4.55. The second-order valence-corrected chi connectivity index (χ2v) is 10.5. The van der Waals surface area contributed by atoms with Gasteiger partial charge in [0.1, 0.15) is 7.05 Å². The van der Waals surface area contributed by atoms with E-state index in [1.807, 2.05) is 0 Å². The first-order valence-electron chi connectivity index (χ1n) is 11.3. The summed E-state index contributed by atoms with van der Waals surface area (Å²) in [5.74, 6) is 1.28. The van der Waals surface area contributed by atoms with Crippen molar-refractivity contribution in [2.24, 2.45) is 7.05 Å². The van der Waals surface area contributed by atoms with Gasteiger partial charge in [-0.2, -0.15) is 11.8 Å². The third-order valence-electron chi connectivity index (χ3n) is 7.49. The van der Waals surface area contributed by atoms with E-state index in [2.05, 4.69) is 96.4 Å². The Hall–Kier alpha value is -2.78. The maximum atomic E-state index is 2.56. The minimum absolute atomic E-state index is 0.622. The Labute approximate surface area is 185 Å². The van der Waals surface area contributed by atoms with Crippen LogP contribution >= 0.6 is 11.8 Å². The van der Waals surface area contributed by atoms with Gasteiger partial charge in [-0.1, -0.05) is 18.2 Å². The van der Waals surface area contributed by atoms with Crippen LogP contribution in [0.15, 0.2) is 54.7 Å². The first kappa shape index (κ1) is 17.9. The summed E-state index contributed by atoms with van der Waals surface area (Å²) in [6, 6.07) is 18.6. The summed E-state index contributed by atoms with van der Waals surface area (Å²) in [7, 11) is 2.20. The van der Waals surface area contributed by atoms with Crippen LogP contribution in [0.2, 0.25) is 0 Å². The average Bonchev–Trinajstić information content (AvgIpc) is 3.42. The second-order valence-electron chi connectivity index (χ2n) is 9.22. The summed E-state index contributed by atoms with van der Waals surface area (Å²) < 4.78 is 4.89. The lowest BCUT2D eigenvalue weighted by atomic mass is 9.95. The van der Waals surface area contributed by atoms with Crippen molar-refractivity contribution in [1.82, 2.24) is 4.40 Å². The minimum atomic E-state index is 0.622. The standard InChI is InChI=1S/C28H25N2S/c1-16-13-21-20-7-4-5-8-22(20)30-23-15-19(24-9-6-12-31-24)14-18-10-11-29(3)28(26(18)23)25(17(16)2)27(21)30/h4-5,7-8,10-11,13-15,24H,6,9,12H2,1-3H3/q+1. The van der Waals surface area contributed by atoms with Crippen molar-refractivity contribution in [2.45, 2.75) is 31.9 Å². The molecule has 0 saturated carbocycles. The molecule has 152 valence electrons. The normalized spacial score (nSPS) is 17.3. The zero-order valence-electron chi connectivity index (χ0n) is 18.2. The van der Waals surface area contributed by atoms with E-state index in [4.69, 9.17) is 0 Å². The van der Waals surface area contributed by atoms with E-state index >= 15 is 0 Å². The van der Waals surface area contributed by atoms with Crippen LogP contribution in [0.5, 0.6) is 0 Å². The molecular weight excluding hydrogens is 396 g/mol. The van der Waals surface area contributed by atoms with Crippen LogP contribution in [-0.2, 0) is 7.05 Å². The van der Waals surface area contributed by atoms with Gasteiger partial charge in [0.15, 0.2) is 6.20 Å². The Morgan fingerprint density at radius 3 is 2.68 bits per heavy atom. The van der Waals surface area contributed by atoms with E-state index in [1.54, 1.807) is 0 Å². The van der Waals surface area contributed by atoms with E-state index < -0.39 is 0 Å². The molecule has 6 aromatic rings. The van der Waals surface area contributed by atoms with E-state index in [0.29, 0.717) is 5.25 Å². The number of pyridine rings is 2. The summed E-state index contributed by atoms with van der Waals surface area (Å²) >= 11 is 2.12. The van der Waals surface area contributed by atoms with Crippen LogP contribution < -0.4 is 4.57 Å². The lowest BCUT2D eigenvalue weighted by Gasteiger charge is -2.17. The van der Waals surface area contributed by atoms with Gasteiger partial charge in [-0.3, -0.25) is 0 Å². The summed E-state index contributed by atoms with van der Waals surface area (Å²) in [5, 5.41) is 7.50. The van der Waals surface area contributed by atoms with Crippen LogP contribution in [0, 0.1) is 13.8 Å². The molecule has 0 aliphatic carbocycles. The maximum Gasteiger partial charge on any atom is 0.224 e. The molecule has 0 bridgehead atoms. The molecule has 1 aliphatic heterocycles. The smallest absolute Gasteiger partial charge is 0.224 e. The van der Waals surface area contributed by atoms with Crippen molar-refractivity contribution in [3.63, 3.8) is 0 Å². The Balaban J connectivity index is 1.84. The number of hydrogen-bond donors (Lipinski definition) is 0. The van der Waals surface area contributed by atoms with Gasteiger partial charge in [0.25, 0.3) is 0 Å². The highest BCUT2D eigenvalue weighted by Gasteiger charge is 2.26. The molecule has 3 heteroatoms. The molecule has 0 spiro atoms. The largest absolute Gasteiger partial charge is 0.307 e. The Morgan fingerprint density at radius 2 is 1.84 bits per heavy atom. The highest BCUT2D eigenvalue weighted by Crippen LogP contribution is 2.45. The molecule has 3 aromatic heterocycles. The maximum absolute atomic E-state index is 2.56. The minimum Gasteiger partial charge on any atom is -0.307 e. The number of thioether (sulfide) groups is 1. The van der Waals surface area contributed by atoms with Gasteiger partial charge in [-0.15, -0.1) is 0 Å². The monoisotopic (exact) mass is 421 g/mol. The number of para-hydroxylation sites is 1. The van der Waals surface area contributed by atoms with E-state index in [9.17, 15) is 0 Å². The fourth-order valence-electron chi connectivity index (χ4n) is 5.90. The molecule has 0 N–H and O–H groups in total. The zero-order chi connectivity index (χ0) is 20.9. The first-order chi connectivity index (χ1) is 15.1. The summed E-state index contributed by atoms with van der Waals surface area (Å²) in [4.78, 5) is 0. The third-order valence-corrected chi connectivity index (χ3v) is 8.93. The SMILES string of the molecule is Cc1cc2c3ccccc3n3c4cc(C5CCCS5)cc5cc[n+](C)c(c(c1C)c23)c54. The molecule has 1 saturated heterocycles. The first-order valence-corrected chi connectivity index (χ1v) is 12.3. The molecule has 3 aromatic carbocycles. The van der Waals surface area contributed by atoms with Gasteiger partial charge in [-0.05, 0) is 78.8 Å². The van der Waals surface area contributed by atoms with Gasteiger partial charge in [0, 0.05) is 22.1 Å². The van der Waals surface area contributed by atoms with E-state index in [1.165, 1.54) is 84.3 Å². The predicted octanol–water partition coefficient (Wildman–Crippen LogP) is 7.00. The van der Waals surface area contributed by atoms with Crippen LogP contribution in [0.1, 0.15) is 34.8 Å². The van der Waals surface area contributed by atoms with Crippen LogP contribution in [0.25, 0.3) is 49.0 Å². The van der Waals surface area contributed by atoms with Crippen molar-refractivity contribution in [2.75, 3.05) is 5.75 Å². The molecule has 1 fully saturated rings. The average molecular weight is 422 g/mol. The lowest BCUT2D eigenvalue weighted by molar-refractivity contribution is -0.643. The highest BCUT2D eigenvalue weighted by molar-refractivity contribution is 7.99. The van der Waals surface area contributed by atoms with Crippen molar-refractivity contribution in [3.8, 4) is 0 Å². The van der Waals surface area contributed by atoms with Crippen LogP contribution in [-0.4, -0.2) is 10.2 Å². The molecular formula is C28H25N2S+. The molecule has 7 rings (SSSR count). The summed E-state index contributed by atoms with van der Waals surface area (Å²) in [5.41, 5.74) is 9.65. The molecule has 2 nitrogen and oxygen atoms in total. The van der Waals surface area contributed by atoms with Gasteiger partial charge in [0.2, 0.25) is 5.52 Å². The van der Waals surface area contributed by atoms with Gasteiger partial charge >= 0.3 is 0 Å². The molecule has 1 aliphatic rings. The number of hydrogen-bond acceptors (Lipinski definition) is 1. The second kappa shape index (κ2) is 6.14. The topological polar surface area (TPSA) is 8.29 Å². The molecule has 4 heterocycles. The van der Waals surface area contributed by atoms with Gasteiger partial charge < -0.3 is 4.40 Å². The number of aromatic nitrogens is 2. The predicted molar refractivity (Wildman–Crippen MR) is 134 cm³/mol. The van der Waals surface area contributed by atoms with Gasteiger partial charge in [0.05, 0.1) is 27.3 Å². The lowest BCUT2D eigenvalue weighted by Crippen LogP contribution is -2.29. The Kier molecular flexibility index (Phi) is 3.53. The number of benzene rings is 3. The van der Waals surface area contributed by atoms with Crippen molar-refractivity contribution in [3.05, 3.63) is 71.4 Å². The van der Waals surface area contributed by atoms with E-state index in [-0.39, 0.29) is 0 Å². The Bertz CT molecular complexity index is 1670.